The van der Waals surface area contributed by atoms with Crippen LogP contribution in [0, 0.1) is 12.8 Å². The number of hydrogen-bond acceptors (Lipinski definition) is 2. The number of hydrogen-bond donors (Lipinski definition) is 2. The number of aromatic nitrogens is 2. The Kier molecular flexibility index (Phi) is 3.69. The largest absolute Gasteiger partial charge is 0.346 e. The molecule has 0 unspecified atom stereocenters. The number of piperidine rings is 1. The first-order valence-electron chi connectivity index (χ1n) is 7.59. The van der Waals surface area contributed by atoms with Gasteiger partial charge in [0.25, 0.3) is 0 Å². The van der Waals surface area contributed by atoms with E-state index in [4.69, 9.17) is 4.98 Å². The van der Waals surface area contributed by atoms with Crippen molar-refractivity contribution in [2.45, 2.75) is 57.8 Å². The zero-order valence-electron chi connectivity index (χ0n) is 11.5. The third-order valence-corrected chi connectivity index (χ3v) is 4.65. The van der Waals surface area contributed by atoms with Crippen LogP contribution < -0.4 is 5.32 Å². The van der Waals surface area contributed by atoms with Crippen molar-refractivity contribution in [2.24, 2.45) is 5.92 Å². The van der Waals surface area contributed by atoms with E-state index in [1.807, 2.05) is 0 Å². The fourth-order valence-corrected chi connectivity index (χ4v) is 3.59. The number of H-pyrrole nitrogens is 1. The van der Waals surface area contributed by atoms with Crippen LogP contribution in [0.25, 0.3) is 0 Å². The summed E-state index contributed by atoms with van der Waals surface area (Å²) in [5, 5.41) is 3.43. The van der Waals surface area contributed by atoms with Crippen LogP contribution in [0.4, 0.5) is 0 Å². The maximum absolute atomic E-state index is 4.91. The molecule has 3 rings (SSSR count). The van der Waals surface area contributed by atoms with E-state index in [1.165, 1.54) is 68.8 Å². The Morgan fingerprint density at radius 3 is 2.56 bits per heavy atom. The second kappa shape index (κ2) is 5.43. The lowest BCUT2D eigenvalue weighted by Gasteiger charge is -2.21. The summed E-state index contributed by atoms with van der Waals surface area (Å²) in [7, 11) is 0. The van der Waals surface area contributed by atoms with E-state index in [0.717, 1.165) is 18.3 Å². The number of aryl methyl sites for hydroxylation is 1. The number of rotatable bonds is 3. The molecule has 1 aromatic rings. The molecule has 2 N–H and O–H groups in total. The maximum atomic E-state index is 4.91. The molecule has 0 spiro atoms. The molecule has 2 fully saturated rings. The first-order valence-corrected chi connectivity index (χ1v) is 7.59. The van der Waals surface area contributed by atoms with Gasteiger partial charge in [-0.15, -0.1) is 0 Å². The highest BCUT2D eigenvalue weighted by atomic mass is 14.9. The van der Waals surface area contributed by atoms with Gasteiger partial charge in [-0.3, -0.25) is 0 Å². The summed E-state index contributed by atoms with van der Waals surface area (Å²) in [5.41, 5.74) is 2.70. The third-order valence-electron chi connectivity index (χ3n) is 4.65. The van der Waals surface area contributed by atoms with Crippen LogP contribution in [0.1, 0.15) is 61.7 Å². The Morgan fingerprint density at radius 2 is 1.83 bits per heavy atom. The molecule has 0 amide bonds. The molecule has 0 atom stereocenters. The van der Waals surface area contributed by atoms with Crippen molar-refractivity contribution in [1.29, 1.82) is 0 Å². The monoisotopic (exact) mass is 247 g/mol. The van der Waals surface area contributed by atoms with E-state index < -0.39 is 0 Å². The molecule has 0 radical (unpaired) electrons. The van der Waals surface area contributed by atoms with Crippen molar-refractivity contribution in [3.63, 3.8) is 0 Å². The summed E-state index contributed by atoms with van der Waals surface area (Å²) >= 11 is 0. The molecule has 1 aliphatic heterocycles. The summed E-state index contributed by atoms with van der Waals surface area (Å²) in [5.74, 6) is 2.80. The first kappa shape index (κ1) is 12.2. The number of nitrogens with zero attached hydrogens (tertiary/aromatic N) is 1. The number of nitrogens with one attached hydrogen (secondary N) is 2. The Morgan fingerprint density at radius 1 is 1.11 bits per heavy atom. The van der Waals surface area contributed by atoms with E-state index in [1.54, 1.807) is 0 Å². The van der Waals surface area contributed by atoms with Crippen LogP contribution in [0.15, 0.2) is 0 Å². The predicted octanol–water partition coefficient (Wildman–Crippen LogP) is 2.92. The van der Waals surface area contributed by atoms with Gasteiger partial charge in [-0.05, 0) is 51.6 Å². The highest BCUT2D eigenvalue weighted by molar-refractivity contribution is 5.19. The molecule has 1 saturated heterocycles. The van der Waals surface area contributed by atoms with Gasteiger partial charge >= 0.3 is 0 Å². The first-order chi connectivity index (χ1) is 8.83. The van der Waals surface area contributed by atoms with Crippen LogP contribution >= 0.6 is 0 Å². The normalized spacial score (nSPS) is 22.7. The second-order valence-corrected chi connectivity index (χ2v) is 6.07. The Labute approximate surface area is 110 Å². The van der Waals surface area contributed by atoms with Gasteiger partial charge in [0.2, 0.25) is 0 Å². The summed E-state index contributed by atoms with van der Waals surface area (Å²) < 4.78 is 0. The van der Waals surface area contributed by atoms with Crippen LogP contribution in [-0.4, -0.2) is 23.1 Å². The van der Waals surface area contributed by atoms with E-state index >= 15 is 0 Å². The maximum Gasteiger partial charge on any atom is 0.106 e. The van der Waals surface area contributed by atoms with Gasteiger partial charge in [-0.2, -0.15) is 0 Å². The summed E-state index contributed by atoms with van der Waals surface area (Å²) in [6, 6.07) is 0. The Hall–Kier alpha value is -0.830. The summed E-state index contributed by atoms with van der Waals surface area (Å²) in [6.45, 7) is 4.56. The molecule has 2 heterocycles. The lowest BCUT2D eigenvalue weighted by atomic mass is 9.94. The van der Waals surface area contributed by atoms with E-state index in [-0.39, 0.29) is 0 Å². The predicted molar refractivity (Wildman–Crippen MR) is 73.8 cm³/mol. The number of aromatic amines is 1. The number of imidazole rings is 1. The zero-order valence-corrected chi connectivity index (χ0v) is 11.5. The van der Waals surface area contributed by atoms with Crippen LogP contribution in [0.2, 0.25) is 0 Å². The molecule has 100 valence electrons. The fraction of sp³-hybridized carbons (Fsp3) is 0.800. The molecule has 0 bridgehead atoms. The van der Waals surface area contributed by atoms with Gasteiger partial charge in [0, 0.05) is 18.0 Å². The van der Waals surface area contributed by atoms with Crippen molar-refractivity contribution in [3.8, 4) is 0 Å². The Bertz CT molecular complexity index is 384. The lowest BCUT2D eigenvalue weighted by Crippen LogP contribution is -2.28. The van der Waals surface area contributed by atoms with Gasteiger partial charge in [-0.1, -0.05) is 12.8 Å². The third kappa shape index (κ3) is 2.61. The average molecular weight is 247 g/mol. The fourth-order valence-electron chi connectivity index (χ4n) is 3.59. The molecular weight excluding hydrogens is 222 g/mol. The van der Waals surface area contributed by atoms with Gasteiger partial charge in [-0.25, -0.2) is 4.98 Å². The average Bonchev–Trinajstić information content (AvgIpc) is 3.00. The van der Waals surface area contributed by atoms with Gasteiger partial charge < -0.3 is 10.3 Å². The minimum atomic E-state index is 0.739. The van der Waals surface area contributed by atoms with E-state index in [2.05, 4.69) is 17.2 Å². The molecule has 1 saturated carbocycles. The molecule has 1 aliphatic carbocycles. The molecule has 3 nitrogen and oxygen atoms in total. The Balaban J connectivity index is 1.67. The van der Waals surface area contributed by atoms with Crippen molar-refractivity contribution < 1.29 is 0 Å². The van der Waals surface area contributed by atoms with Gasteiger partial charge in [0.1, 0.15) is 5.82 Å². The van der Waals surface area contributed by atoms with E-state index in [0.29, 0.717) is 0 Å². The highest BCUT2D eigenvalue weighted by Gasteiger charge is 2.23. The van der Waals surface area contributed by atoms with Crippen LogP contribution in [0.3, 0.4) is 0 Å². The molecule has 1 aromatic heterocycles. The van der Waals surface area contributed by atoms with Crippen LogP contribution in [0.5, 0.6) is 0 Å². The molecular formula is C15H25N3. The van der Waals surface area contributed by atoms with E-state index in [9.17, 15) is 0 Å². The van der Waals surface area contributed by atoms with Gasteiger partial charge in [0.15, 0.2) is 0 Å². The highest BCUT2D eigenvalue weighted by Crippen LogP contribution is 2.34. The molecule has 0 aromatic carbocycles. The lowest BCUT2D eigenvalue weighted by molar-refractivity contribution is 0.367. The zero-order chi connectivity index (χ0) is 12.4. The topological polar surface area (TPSA) is 40.7 Å². The smallest absolute Gasteiger partial charge is 0.106 e. The second-order valence-electron chi connectivity index (χ2n) is 6.07. The van der Waals surface area contributed by atoms with Crippen LogP contribution in [-0.2, 0) is 6.42 Å². The summed E-state index contributed by atoms with van der Waals surface area (Å²) in [4.78, 5) is 8.45. The standard InChI is InChI=1S/C15H25N3/c1-11-15(13-4-2-3-5-13)18-14(17-11)10-12-6-8-16-9-7-12/h12-13,16H,2-10H2,1H3,(H,17,18). The molecule has 3 heteroatoms. The minimum absolute atomic E-state index is 0.739. The minimum Gasteiger partial charge on any atom is -0.346 e. The molecule has 18 heavy (non-hydrogen) atoms. The van der Waals surface area contributed by atoms with Crippen molar-refractivity contribution in [3.05, 3.63) is 17.2 Å². The van der Waals surface area contributed by atoms with Crippen molar-refractivity contribution >= 4 is 0 Å². The van der Waals surface area contributed by atoms with Crippen molar-refractivity contribution in [1.82, 2.24) is 15.3 Å². The van der Waals surface area contributed by atoms with Gasteiger partial charge in [0.05, 0.1) is 5.69 Å². The molecule has 2 aliphatic rings. The quantitative estimate of drug-likeness (QED) is 0.862. The van der Waals surface area contributed by atoms with Crippen molar-refractivity contribution in [2.75, 3.05) is 13.1 Å². The SMILES string of the molecule is Cc1[nH]c(CC2CCNCC2)nc1C1CCCC1. The summed E-state index contributed by atoms with van der Waals surface area (Å²) in [6.07, 6.45) is 9.23.